The molecule has 72 valence electrons. The van der Waals surface area contributed by atoms with Crippen LogP contribution >= 0.6 is 0 Å². The number of carbonyl (C=O) groups excluding carboxylic acids is 1. The third-order valence-corrected chi connectivity index (χ3v) is 2.20. The summed E-state index contributed by atoms with van der Waals surface area (Å²) >= 11 is 0. The summed E-state index contributed by atoms with van der Waals surface area (Å²) in [5, 5.41) is 1.06. The van der Waals surface area contributed by atoms with Gasteiger partial charge in [-0.25, -0.2) is 0 Å². The minimum Gasteiger partial charge on any atom is -0.464 e. The zero-order valence-corrected chi connectivity index (χ0v) is 7.69. The Kier molecular flexibility index (Phi) is 2.23. The third kappa shape index (κ3) is 1.62. The van der Waals surface area contributed by atoms with Gasteiger partial charge in [-0.15, -0.1) is 0 Å². The lowest BCUT2D eigenvalue weighted by Crippen LogP contribution is -2.10. The van der Waals surface area contributed by atoms with E-state index < -0.39 is 0 Å². The molecule has 2 N–H and O–H groups in total. The maximum Gasteiger partial charge on any atom is 0.217 e. The van der Waals surface area contributed by atoms with E-state index in [1.807, 2.05) is 24.3 Å². The number of hydrogen-bond acceptors (Lipinski definition) is 2. The van der Waals surface area contributed by atoms with E-state index in [2.05, 4.69) is 0 Å². The van der Waals surface area contributed by atoms with Crippen LogP contribution in [-0.2, 0) is 11.2 Å². The lowest BCUT2D eigenvalue weighted by molar-refractivity contribution is -0.117. The second-order valence-corrected chi connectivity index (χ2v) is 3.22. The molecule has 0 aliphatic carbocycles. The van der Waals surface area contributed by atoms with Gasteiger partial charge >= 0.3 is 0 Å². The van der Waals surface area contributed by atoms with E-state index in [1.54, 1.807) is 6.26 Å². The Morgan fingerprint density at radius 2 is 2.14 bits per heavy atom. The van der Waals surface area contributed by atoms with Crippen LogP contribution in [0.4, 0.5) is 0 Å². The molecule has 0 aliphatic rings. The summed E-state index contributed by atoms with van der Waals surface area (Å²) in [6, 6.07) is 7.76. The van der Waals surface area contributed by atoms with Gasteiger partial charge in [0, 0.05) is 11.8 Å². The van der Waals surface area contributed by atoms with Gasteiger partial charge in [0.15, 0.2) is 0 Å². The molecular weight excluding hydrogens is 178 g/mol. The first kappa shape index (κ1) is 8.81. The highest BCUT2D eigenvalue weighted by Gasteiger charge is 2.05. The largest absolute Gasteiger partial charge is 0.464 e. The van der Waals surface area contributed by atoms with Gasteiger partial charge in [-0.3, -0.25) is 4.79 Å². The fourth-order valence-corrected chi connectivity index (χ4v) is 1.48. The van der Waals surface area contributed by atoms with E-state index in [-0.39, 0.29) is 5.91 Å². The summed E-state index contributed by atoms with van der Waals surface area (Å²) in [6.45, 7) is 0. The first-order valence-electron chi connectivity index (χ1n) is 4.51. The molecular formula is C11H11NO2. The van der Waals surface area contributed by atoms with Crippen molar-refractivity contribution in [1.82, 2.24) is 0 Å². The Morgan fingerprint density at radius 1 is 1.36 bits per heavy atom. The van der Waals surface area contributed by atoms with Crippen LogP contribution < -0.4 is 5.73 Å². The van der Waals surface area contributed by atoms with Crippen molar-refractivity contribution in [3.63, 3.8) is 0 Å². The molecule has 3 nitrogen and oxygen atoms in total. The molecule has 0 unspecified atom stereocenters. The standard InChI is InChI=1S/C11H11NO2/c12-11(13)6-5-8-7-14-10-4-2-1-3-9(8)10/h1-4,7H,5-6H2,(H2,12,13). The van der Waals surface area contributed by atoms with Crippen LogP contribution in [0.2, 0.25) is 0 Å². The number of aryl methyl sites for hydroxylation is 1. The highest BCUT2D eigenvalue weighted by atomic mass is 16.3. The first-order chi connectivity index (χ1) is 6.77. The van der Waals surface area contributed by atoms with Crippen LogP contribution in [0, 0.1) is 0 Å². The topological polar surface area (TPSA) is 56.2 Å². The zero-order valence-electron chi connectivity index (χ0n) is 7.69. The molecule has 14 heavy (non-hydrogen) atoms. The molecule has 0 bridgehead atoms. The van der Waals surface area contributed by atoms with Crippen LogP contribution in [0.1, 0.15) is 12.0 Å². The summed E-state index contributed by atoms with van der Waals surface area (Å²) in [6.07, 6.45) is 2.70. The lowest BCUT2D eigenvalue weighted by Gasteiger charge is -1.94. The van der Waals surface area contributed by atoms with Gasteiger partial charge in [0.05, 0.1) is 6.26 Å². The summed E-state index contributed by atoms with van der Waals surface area (Å²) in [7, 11) is 0. The molecule has 2 rings (SSSR count). The predicted molar refractivity (Wildman–Crippen MR) is 53.7 cm³/mol. The van der Waals surface area contributed by atoms with Gasteiger partial charge in [0.25, 0.3) is 0 Å². The van der Waals surface area contributed by atoms with Crippen molar-refractivity contribution < 1.29 is 9.21 Å². The number of amides is 1. The quantitative estimate of drug-likeness (QED) is 0.801. The summed E-state index contributed by atoms with van der Waals surface area (Å²) in [5.41, 5.74) is 6.98. The number of benzene rings is 1. The van der Waals surface area contributed by atoms with E-state index in [0.717, 1.165) is 16.5 Å². The third-order valence-electron chi connectivity index (χ3n) is 2.20. The highest BCUT2D eigenvalue weighted by molar-refractivity contribution is 5.82. The Bertz CT molecular complexity index is 459. The van der Waals surface area contributed by atoms with Crippen LogP contribution in [0.5, 0.6) is 0 Å². The van der Waals surface area contributed by atoms with Crippen molar-refractivity contribution in [2.45, 2.75) is 12.8 Å². The van der Waals surface area contributed by atoms with Crippen LogP contribution in [-0.4, -0.2) is 5.91 Å². The Morgan fingerprint density at radius 3 is 2.93 bits per heavy atom. The van der Waals surface area contributed by atoms with Gasteiger partial charge in [-0.1, -0.05) is 18.2 Å². The SMILES string of the molecule is NC(=O)CCc1coc2ccccc12. The molecule has 0 aliphatic heterocycles. The predicted octanol–water partition coefficient (Wildman–Crippen LogP) is 1.85. The van der Waals surface area contributed by atoms with Gasteiger partial charge in [0.2, 0.25) is 5.91 Å². The summed E-state index contributed by atoms with van der Waals surface area (Å²) in [5.74, 6) is -0.282. The molecule has 2 aromatic rings. The molecule has 1 aromatic carbocycles. The molecule has 1 aromatic heterocycles. The number of para-hydroxylation sites is 1. The number of primary amides is 1. The second-order valence-electron chi connectivity index (χ2n) is 3.22. The number of fused-ring (bicyclic) bond motifs is 1. The molecule has 0 radical (unpaired) electrons. The molecule has 1 amide bonds. The summed E-state index contributed by atoms with van der Waals surface area (Å²) in [4.78, 5) is 10.6. The molecule has 0 fully saturated rings. The van der Waals surface area contributed by atoms with Crippen molar-refractivity contribution in [2.24, 2.45) is 5.73 Å². The van der Waals surface area contributed by atoms with Crippen molar-refractivity contribution >= 4 is 16.9 Å². The van der Waals surface area contributed by atoms with Gasteiger partial charge < -0.3 is 10.2 Å². The van der Waals surface area contributed by atoms with Gasteiger partial charge in [-0.05, 0) is 18.1 Å². The fraction of sp³-hybridized carbons (Fsp3) is 0.182. The lowest BCUT2D eigenvalue weighted by atomic mass is 10.1. The van der Waals surface area contributed by atoms with Crippen molar-refractivity contribution in [3.8, 4) is 0 Å². The van der Waals surface area contributed by atoms with Gasteiger partial charge in [-0.2, -0.15) is 0 Å². The Balaban J connectivity index is 2.29. The average Bonchev–Trinajstić information content (AvgIpc) is 2.58. The van der Waals surface area contributed by atoms with Crippen LogP contribution in [0.3, 0.4) is 0 Å². The minimum atomic E-state index is -0.282. The molecule has 0 spiro atoms. The van der Waals surface area contributed by atoms with E-state index in [9.17, 15) is 4.79 Å². The zero-order chi connectivity index (χ0) is 9.97. The normalized spacial score (nSPS) is 10.6. The molecule has 3 heteroatoms. The monoisotopic (exact) mass is 189 g/mol. The van der Waals surface area contributed by atoms with Crippen LogP contribution in [0.15, 0.2) is 34.9 Å². The molecule has 0 atom stereocenters. The van der Waals surface area contributed by atoms with E-state index in [1.165, 1.54) is 0 Å². The molecule has 1 heterocycles. The number of carbonyl (C=O) groups is 1. The summed E-state index contributed by atoms with van der Waals surface area (Å²) < 4.78 is 5.33. The smallest absolute Gasteiger partial charge is 0.217 e. The average molecular weight is 189 g/mol. The minimum absolute atomic E-state index is 0.282. The fourth-order valence-electron chi connectivity index (χ4n) is 1.48. The highest BCUT2D eigenvalue weighted by Crippen LogP contribution is 2.21. The maximum atomic E-state index is 10.6. The number of nitrogens with two attached hydrogens (primary N) is 1. The molecule has 0 saturated carbocycles. The molecule has 0 saturated heterocycles. The Labute approximate surface area is 81.5 Å². The van der Waals surface area contributed by atoms with Crippen molar-refractivity contribution in [3.05, 3.63) is 36.1 Å². The van der Waals surface area contributed by atoms with E-state index >= 15 is 0 Å². The van der Waals surface area contributed by atoms with Gasteiger partial charge in [0.1, 0.15) is 5.58 Å². The first-order valence-corrected chi connectivity index (χ1v) is 4.51. The maximum absolute atomic E-state index is 10.6. The van der Waals surface area contributed by atoms with E-state index in [4.69, 9.17) is 10.2 Å². The Hall–Kier alpha value is -1.77. The second kappa shape index (κ2) is 3.54. The van der Waals surface area contributed by atoms with Crippen molar-refractivity contribution in [2.75, 3.05) is 0 Å². The number of furan rings is 1. The number of hydrogen-bond donors (Lipinski definition) is 1. The van der Waals surface area contributed by atoms with Crippen molar-refractivity contribution in [1.29, 1.82) is 0 Å². The van der Waals surface area contributed by atoms with E-state index in [0.29, 0.717) is 12.8 Å². The number of rotatable bonds is 3. The van der Waals surface area contributed by atoms with Crippen LogP contribution in [0.25, 0.3) is 11.0 Å².